The number of rotatable bonds is 4. The van der Waals surface area contributed by atoms with E-state index in [1.54, 1.807) is 6.20 Å². The van der Waals surface area contributed by atoms with Gasteiger partial charge in [-0.1, -0.05) is 17.5 Å². The smallest absolute Gasteiger partial charge is 0.215 e. The number of hydrogen-bond donors (Lipinski definition) is 0. The number of imidazole rings is 1. The zero-order valence-corrected chi connectivity index (χ0v) is 35.6. The Bertz CT molecular complexity index is 2290. The Kier molecular flexibility index (Phi) is 10.7. The number of furan rings is 1. The second kappa shape index (κ2) is 14.2. The number of hydrogen-bond acceptors (Lipinski definition) is 5. The van der Waals surface area contributed by atoms with Gasteiger partial charge in [0.25, 0.3) is 0 Å². The third kappa shape index (κ3) is 7.96. The van der Waals surface area contributed by atoms with Crippen LogP contribution in [-0.4, -0.2) is 37.8 Å². The molecule has 0 unspecified atom stereocenters. The van der Waals surface area contributed by atoms with Gasteiger partial charge in [-0.15, -0.1) is 17.7 Å². The molecule has 0 spiro atoms. The third-order valence-electron chi connectivity index (χ3n) is 8.53. The summed E-state index contributed by atoms with van der Waals surface area (Å²) in [5.74, 6) is 8.19. The predicted octanol–water partition coefficient (Wildman–Crippen LogP) is 10.2. The van der Waals surface area contributed by atoms with E-state index in [9.17, 15) is 0 Å². The van der Waals surface area contributed by atoms with Crippen molar-refractivity contribution >= 4 is 50.8 Å². The average Bonchev–Trinajstić information content (AvgIpc) is 3.59. The molecule has 0 amide bonds. The van der Waals surface area contributed by atoms with Crippen molar-refractivity contribution < 1.29 is 24.5 Å². The van der Waals surface area contributed by atoms with Gasteiger partial charge in [0.05, 0.1) is 28.1 Å². The van der Waals surface area contributed by atoms with E-state index >= 15 is 0 Å². The van der Waals surface area contributed by atoms with Crippen LogP contribution >= 0.6 is 0 Å². The summed E-state index contributed by atoms with van der Waals surface area (Å²) in [4.78, 5) is 18.7. The Morgan fingerprint density at radius 2 is 1.60 bits per heavy atom. The first kappa shape index (κ1) is 37.6. The van der Waals surface area contributed by atoms with E-state index in [2.05, 4.69) is 104 Å². The van der Waals surface area contributed by atoms with Gasteiger partial charge in [-0.2, -0.15) is 0 Å². The van der Waals surface area contributed by atoms with Crippen molar-refractivity contribution in [1.29, 1.82) is 0 Å². The van der Waals surface area contributed by atoms with E-state index in [4.69, 9.17) is 14.4 Å². The van der Waals surface area contributed by atoms with Gasteiger partial charge >= 0.3 is 132 Å². The van der Waals surface area contributed by atoms with Crippen molar-refractivity contribution in [2.24, 2.45) is 5.41 Å². The first-order valence-corrected chi connectivity index (χ1v) is 24.4. The van der Waals surface area contributed by atoms with E-state index in [0.29, 0.717) is 11.1 Å². The number of fused-ring (bicyclic) bond motifs is 4. The molecule has 8 heteroatoms. The summed E-state index contributed by atoms with van der Waals surface area (Å²) in [6.45, 7) is 17.5. The number of aryl methyl sites for hydroxylation is 2. The van der Waals surface area contributed by atoms with E-state index < -0.39 is 13.3 Å². The van der Waals surface area contributed by atoms with Gasteiger partial charge in [0.15, 0.2) is 0 Å². The Morgan fingerprint density at radius 3 is 2.26 bits per heavy atom. The van der Waals surface area contributed by atoms with Crippen molar-refractivity contribution in [3.63, 3.8) is 0 Å². The zero-order chi connectivity index (χ0) is 35.3. The SMILES string of the molecule is CC(C)(C)Cc1cc(-c2[c-]cccc2)nc[c]1[Ge]([CH3])([CH3])[CH3].Cc1cc2nc(-c3[c-]cc4c(c3)oc3ncccc34)n(C(C)(C)C)c2c(C)n1.[Ir]. The summed E-state index contributed by atoms with van der Waals surface area (Å²) in [5.41, 5.74) is 10.0. The Morgan fingerprint density at radius 1 is 0.840 bits per heavy atom. The minimum Gasteiger partial charge on any atom is -0.458 e. The maximum atomic E-state index is 5.98. The first-order valence-electron chi connectivity index (χ1n) is 17.0. The molecule has 261 valence electrons. The van der Waals surface area contributed by atoms with Crippen molar-refractivity contribution in [1.82, 2.24) is 24.5 Å². The van der Waals surface area contributed by atoms with Crippen LogP contribution in [0.15, 0.2) is 77.5 Å². The standard InChI is InChI=1S/C23H21N4O.C19H26GeN.Ir/c1-13-11-18-20(14(2)25-13)27(23(3,4)5)21(26-18)15-8-9-16-17-7-6-10-24-22(17)28-19(16)12-15;1-19(2,3)13-16-12-18(15-10-8-7-9-11-15)21-14-17(16)20(4,5)6;/h6-7,9-12H,1-5H3;7-10,12,14H,13H2,1-6H3;/q2*-1;. The largest absolute Gasteiger partial charge is 0.458 e. The molecule has 7 rings (SSSR count). The average molecular weight is 903 g/mol. The van der Waals surface area contributed by atoms with Crippen LogP contribution in [0.4, 0.5) is 0 Å². The molecule has 5 heterocycles. The minimum absolute atomic E-state index is 0. The van der Waals surface area contributed by atoms with Crippen LogP contribution in [-0.2, 0) is 32.1 Å². The Balaban J connectivity index is 0.000000199. The molecule has 0 aliphatic heterocycles. The van der Waals surface area contributed by atoms with Crippen LogP contribution in [0.3, 0.4) is 0 Å². The van der Waals surface area contributed by atoms with Gasteiger partial charge in [0, 0.05) is 42.9 Å². The molecule has 1 radical (unpaired) electrons. The van der Waals surface area contributed by atoms with Crippen molar-refractivity contribution in [3.8, 4) is 22.6 Å². The predicted molar refractivity (Wildman–Crippen MR) is 206 cm³/mol. The Hall–Kier alpha value is -3.65. The molecule has 0 fully saturated rings. The summed E-state index contributed by atoms with van der Waals surface area (Å²) in [6, 6.07) is 27.0. The fraction of sp³-hybridized carbons (Fsp3) is 0.333. The monoisotopic (exact) mass is 904 g/mol. The molecule has 0 saturated carbocycles. The fourth-order valence-electron chi connectivity index (χ4n) is 6.53. The molecular formula is C42H47GeIrN5O-2. The molecule has 2 aromatic carbocycles. The van der Waals surface area contributed by atoms with E-state index in [-0.39, 0.29) is 25.6 Å². The van der Waals surface area contributed by atoms with Crippen LogP contribution in [0.1, 0.15) is 58.5 Å². The number of pyridine rings is 3. The van der Waals surface area contributed by atoms with Gasteiger partial charge in [-0.25, -0.2) is 4.98 Å². The first-order chi connectivity index (χ1) is 23.0. The summed E-state index contributed by atoms with van der Waals surface area (Å²) in [6.07, 6.45) is 4.98. The molecule has 5 aromatic heterocycles. The van der Waals surface area contributed by atoms with E-state index in [0.717, 1.165) is 67.8 Å². The molecule has 6 nitrogen and oxygen atoms in total. The number of aromatic nitrogens is 5. The number of benzene rings is 2. The maximum absolute atomic E-state index is 5.98. The minimum atomic E-state index is -1.90. The second-order valence-corrected chi connectivity index (χ2v) is 26.8. The normalized spacial score (nSPS) is 12.2. The van der Waals surface area contributed by atoms with E-state index in [1.807, 2.05) is 62.4 Å². The summed E-state index contributed by atoms with van der Waals surface area (Å²) in [7, 11) is 0. The molecule has 0 saturated heterocycles. The van der Waals surface area contributed by atoms with Crippen LogP contribution in [0.2, 0.25) is 17.3 Å². The molecule has 0 aliphatic carbocycles. The molecule has 0 bridgehead atoms. The van der Waals surface area contributed by atoms with Gasteiger partial charge < -0.3 is 8.98 Å². The van der Waals surface area contributed by atoms with E-state index in [1.165, 1.54) is 9.96 Å². The van der Waals surface area contributed by atoms with Crippen LogP contribution in [0.25, 0.3) is 55.7 Å². The molecule has 0 aliphatic rings. The van der Waals surface area contributed by atoms with Crippen LogP contribution in [0.5, 0.6) is 0 Å². The topological polar surface area (TPSA) is 69.6 Å². The summed E-state index contributed by atoms with van der Waals surface area (Å²) in [5, 5.41) is 2.01. The maximum Gasteiger partial charge on any atom is 0.215 e. The molecule has 0 atom stereocenters. The van der Waals surface area contributed by atoms with Crippen LogP contribution in [0, 0.1) is 31.4 Å². The molecule has 7 aromatic rings. The van der Waals surface area contributed by atoms with Crippen LogP contribution < -0.4 is 4.40 Å². The Labute approximate surface area is 312 Å². The van der Waals surface area contributed by atoms with Crippen molar-refractivity contribution in [2.75, 3.05) is 0 Å². The third-order valence-corrected chi connectivity index (χ3v) is 12.9. The molecular weight excluding hydrogens is 855 g/mol. The summed E-state index contributed by atoms with van der Waals surface area (Å²) >= 11 is -1.90. The zero-order valence-electron chi connectivity index (χ0n) is 31.1. The van der Waals surface area contributed by atoms with Crippen molar-refractivity contribution in [3.05, 3.63) is 102 Å². The van der Waals surface area contributed by atoms with Gasteiger partial charge in [0.2, 0.25) is 5.71 Å². The second-order valence-electron chi connectivity index (χ2n) is 16.2. The van der Waals surface area contributed by atoms with Gasteiger partial charge in [0.1, 0.15) is 0 Å². The van der Waals surface area contributed by atoms with Gasteiger partial charge in [-0.3, -0.25) is 9.97 Å². The van der Waals surface area contributed by atoms with Gasteiger partial charge in [-0.05, 0) is 46.8 Å². The summed E-state index contributed by atoms with van der Waals surface area (Å²) < 4.78 is 9.76. The quantitative estimate of drug-likeness (QED) is 0.130. The van der Waals surface area contributed by atoms with Crippen molar-refractivity contribution in [2.45, 2.75) is 84.6 Å². The molecule has 50 heavy (non-hydrogen) atoms. The molecule has 0 N–H and O–H groups in total. The number of nitrogens with zero attached hydrogens (tertiary/aromatic N) is 5. The fourth-order valence-corrected chi connectivity index (χ4v) is 9.84.